The second-order valence-electron chi connectivity index (χ2n) is 3.84. The summed E-state index contributed by atoms with van der Waals surface area (Å²) in [6, 6.07) is 1.09. The molecule has 0 amide bonds. The van der Waals surface area contributed by atoms with Gasteiger partial charge in [-0.25, -0.2) is 0 Å². The van der Waals surface area contributed by atoms with Gasteiger partial charge in [-0.3, -0.25) is 0 Å². The molecule has 0 aliphatic heterocycles. The molecule has 0 bridgehead atoms. The van der Waals surface area contributed by atoms with Gasteiger partial charge in [-0.1, -0.05) is 20.8 Å². The van der Waals surface area contributed by atoms with Gasteiger partial charge in [-0.05, 0) is 39.3 Å². The zero-order valence-corrected chi connectivity index (χ0v) is 9.71. The maximum Gasteiger partial charge on any atom is 0.00641 e. The van der Waals surface area contributed by atoms with Gasteiger partial charge in [0, 0.05) is 12.1 Å². The van der Waals surface area contributed by atoms with Crippen LogP contribution in [-0.4, -0.2) is 30.1 Å². The van der Waals surface area contributed by atoms with E-state index in [4.69, 9.17) is 5.73 Å². The van der Waals surface area contributed by atoms with Crippen molar-refractivity contribution in [2.45, 2.75) is 59.0 Å². The lowest BCUT2D eigenvalue weighted by Crippen LogP contribution is -2.36. The van der Waals surface area contributed by atoms with Gasteiger partial charge in [0.05, 0.1) is 0 Å². The Labute approximate surface area is 83.5 Å². The molecule has 0 aliphatic carbocycles. The molecule has 0 spiro atoms. The van der Waals surface area contributed by atoms with Crippen LogP contribution in [0.15, 0.2) is 0 Å². The maximum atomic E-state index is 5.89. The maximum absolute atomic E-state index is 5.89. The van der Waals surface area contributed by atoms with Crippen LogP contribution in [0, 0.1) is 0 Å². The first-order chi connectivity index (χ1) is 6.15. The Morgan fingerprint density at radius 1 is 1.15 bits per heavy atom. The quantitative estimate of drug-likeness (QED) is 0.660. The van der Waals surface area contributed by atoms with Crippen LogP contribution in [-0.2, 0) is 0 Å². The van der Waals surface area contributed by atoms with Gasteiger partial charge < -0.3 is 10.6 Å². The molecule has 0 fully saturated rings. The molecule has 13 heavy (non-hydrogen) atoms. The average Bonchev–Trinajstić information content (AvgIpc) is 2.17. The molecule has 0 aliphatic rings. The predicted octanol–water partition coefficient (Wildman–Crippen LogP) is 2.23. The van der Waals surface area contributed by atoms with Crippen LogP contribution < -0.4 is 5.73 Å². The minimum Gasteiger partial charge on any atom is -0.328 e. The highest BCUT2D eigenvalue weighted by Crippen LogP contribution is 2.05. The Hall–Kier alpha value is -0.0800. The molecule has 2 N–H and O–H groups in total. The molecule has 0 aromatic carbocycles. The molecular weight excluding hydrogens is 160 g/mol. The summed E-state index contributed by atoms with van der Waals surface area (Å²) in [5, 5.41) is 0. The zero-order valence-electron chi connectivity index (χ0n) is 9.71. The Kier molecular flexibility index (Phi) is 7.29. The summed E-state index contributed by atoms with van der Waals surface area (Å²) >= 11 is 0. The summed E-state index contributed by atoms with van der Waals surface area (Å²) in [5.74, 6) is 0. The number of rotatable bonds is 7. The molecule has 0 aromatic rings. The molecule has 0 rings (SSSR count). The molecule has 2 unspecified atom stereocenters. The third-order valence-corrected chi connectivity index (χ3v) is 2.93. The van der Waals surface area contributed by atoms with Crippen molar-refractivity contribution in [1.82, 2.24) is 4.90 Å². The zero-order chi connectivity index (χ0) is 10.3. The standard InChI is InChI=1S/C11H26N2/c1-5-10(4)13(7-3)9-8-11(12)6-2/h10-11H,5-9,12H2,1-4H3. The molecule has 2 heteroatoms. The van der Waals surface area contributed by atoms with Crippen LogP contribution in [0.3, 0.4) is 0 Å². The average molecular weight is 186 g/mol. The van der Waals surface area contributed by atoms with Crippen LogP contribution in [0.4, 0.5) is 0 Å². The highest BCUT2D eigenvalue weighted by atomic mass is 15.1. The number of nitrogens with zero attached hydrogens (tertiary/aromatic N) is 1. The van der Waals surface area contributed by atoms with E-state index in [0.717, 1.165) is 25.9 Å². The molecule has 0 heterocycles. The first kappa shape index (κ1) is 12.9. The Morgan fingerprint density at radius 2 is 1.77 bits per heavy atom. The predicted molar refractivity (Wildman–Crippen MR) is 59.9 cm³/mol. The van der Waals surface area contributed by atoms with Gasteiger partial charge >= 0.3 is 0 Å². The van der Waals surface area contributed by atoms with Gasteiger partial charge in [0.1, 0.15) is 0 Å². The van der Waals surface area contributed by atoms with Gasteiger partial charge in [-0.2, -0.15) is 0 Å². The van der Waals surface area contributed by atoms with E-state index in [2.05, 4.69) is 32.6 Å². The van der Waals surface area contributed by atoms with Crippen LogP contribution in [0.1, 0.15) is 47.0 Å². The Bertz CT molecular complexity index is 115. The molecule has 0 saturated carbocycles. The number of nitrogens with two attached hydrogens (primary N) is 1. The van der Waals surface area contributed by atoms with Crippen molar-refractivity contribution >= 4 is 0 Å². The fourth-order valence-corrected chi connectivity index (χ4v) is 1.48. The van der Waals surface area contributed by atoms with Crippen molar-refractivity contribution in [3.63, 3.8) is 0 Å². The molecule has 2 atom stereocenters. The third-order valence-electron chi connectivity index (χ3n) is 2.93. The molecule has 0 saturated heterocycles. The van der Waals surface area contributed by atoms with Gasteiger partial charge in [0.2, 0.25) is 0 Å². The van der Waals surface area contributed by atoms with Gasteiger partial charge in [0.25, 0.3) is 0 Å². The van der Waals surface area contributed by atoms with Crippen LogP contribution in [0.25, 0.3) is 0 Å². The molecular formula is C11H26N2. The lowest BCUT2D eigenvalue weighted by molar-refractivity contribution is 0.206. The lowest BCUT2D eigenvalue weighted by Gasteiger charge is -2.27. The SMILES string of the molecule is CCC(N)CCN(CC)C(C)CC. The van der Waals surface area contributed by atoms with E-state index in [0.29, 0.717) is 12.1 Å². The number of hydrogen-bond acceptors (Lipinski definition) is 2. The van der Waals surface area contributed by atoms with Crippen LogP contribution >= 0.6 is 0 Å². The largest absolute Gasteiger partial charge is 0.328 e. The highest BCUT2D eigenvalue weighted by molar-refractivity contribution is 4.67. The molecule has 80 valence electrons. The van der Waals surface area contributed by atoms with Gasteiger partial charge in [-0.15, -0.1) is 0 Å². The summed E-state index contributed by atoms with van der Waals surface area (Å²) in [6.07, 6.45) is 3.46. The van der Waals surface area contributed by atoms with E-state index in [1.54, 1.807) is 0 Å². The van der Waals surface area contributed by atoms with E-state index in [-0.39, 0.29) is 0 Å². The van der Waals surface area contributed by atoms with E-state index in [9.17, 15) is 0 Å². The van der Waals surface area contributed by atoms with E-state index in [1.165, 1.54) is 6.42 Å². The summed E-state index contributed by atoms with van der Waals surface area (Å²) in [7, 11) is 0. The molecule has 2 nitrogen and oxygen atoms in total. The second-order valence-corrected chi connectivity index (χ2v) is 3.84. The molecule has 0 radical (unpaired) electrons. The smallest absolute Gasteiger partial charge is 0.00641 e. The topological polar surface area (TPSA) is 29.3 Å². The summed E-state index contributed by atoms with van der Waals surface area (Å²) in [4.78, 5) is 2.51. The number of hydrogen-bond donors (Lipinski definition) is 1. The van der Waals surface area contributed by atoms with Gasteiger partial charge in [0.15, 0.2) is 0 Å². The van der Waals surface area contributed by atoms with Crippen molar-refractivity contribution in [2.24, 2.45) is 5.73 Å². The first-order valence-electron chi connectivity index (χ1n) is 5.65. The minimum absolute atomic E-state index is 0.387. The van der Waals surface area contributed by atoms with Crippen LogP contribution in [0.2, 0.25) is 0 Å². The summed E-state index contributed by atoms with van der Waals surface area (Å²) in [6.45, 7) is 11.2. The van der Waals surface area contributed by atoms with E-state index in [1.807, 2.05) is 0 Å². The molecule has 0 aromatic heterocycles. The van der Waals surface area contributed by atoms with Crippen molar-refractivity contribution in [3.05, 3.63) is 0 Å². The van der Waals surface area contributed by atoms with Crippen molar-refractivity contribution in [1.29, 1.82) is 0 Å². The second kappa shape index (κ2) is 7.34. The van der Waals surface area contributed by atoms with Crippen LogP contribution in [0.5, 0.6) is 0 Å². The summed E-state index contributed by atoms with van der Waals surface area (Å²) in [5.41, 5.74) is 5.89. The third kappa shape index (κ3) is 5.27. The lowest BCUT2D eigenvalue weighted by atomic mass is 10.1. The fourth-order valence-electron chi connectivity index (χ4n) is 1.48. The van der Waals surface area contributed by atoms with Crippen molar-refractivity contribution < 1.29 is 0 Å². The highest BCUT2D eigenvalue weighted by Gasteiger charge is 2.10. The normalized spacial score (nSPS) is 16.2. The minimum atomic E-state index is 0.387. The van der Waals surface area contributed by atoms with E-state index >= 15 is 0 Å². The fraction of sp³-hybridized carbons (Fsp3) is 1.00. The Balaban J connectivity index is 3.71. The Morgan fingerprint density at radius 3 is 2.15 bits per heavy atom. The summed E-state index contributed by atoms with van der Waals surface area (Å²) < 4.78 is 0. The van der Waals surface area contributed by atoms with E-state index < -0.39 is 0 Å². The van der Waals surface area contributed by atoms with Crippen molar-refractivity contribution in [2.75, 3.05) is 13.1 Å². The monoisotopic (exact) mass is 186 g/mol. The van der Waals surface area contributed by atoms with Crippen molar-refractivity contribution in [3.8, 4) is 0 Å². The first-order valence-corrected chi connectivity index (χ1v) is 5.65.